The summed E-state index contributed by atoms with van der Waals surface area (Å²) in [6, 6.07) is 3.93. The maximum atomic E-state index is 5.93. The molecule has 0 amide bonds. The first-order chi connectivity index (χ1) is 7.75. The van der Waals surface area contributed by atoms with Gasteiger partial charge in [-0.15, -0.1) is 0 Å². The number of aromatic nitrogens is 2. The van der Waals surface area contributed by atoms with Crippen LogP contribution in [0.25, 0.3) is 10.3 Å². The van der Waals surface area contributed by atoms with Gasteiger partial charge < -0.3 is 5.73 Å². The fourth-order valence-corrected chi connectivity index (χ4v) is 3.17. The topological polar surface area (TPSA) is 51.8 Å². The second kappa shape index (κ2) is 4.47. The molecular weight excluding hydrogens is 218 g/mol. The van der Waals surface area contributed by atoms with Crippen molar-refractivity contribution in [1.82, 2.24) is 9.97 Å². The lowest BCUT2D eigenvalue weighted by molar-refractivity contribution is 0.405. The Morgan fingerprint density at radius 2 is 2.12 bits per heavy atom. The van der Waals surface area contributed by atoms with Crippen molar-refractivity contribution in [3.63, 3.8) is 0 Å². The lowest BCUT2D eigenvalue weighted by Crippen LogP contribution is -2.33. The number of pyridine rings is 1. The third-order valence-electron chi connectivity index (χ3n) is 3.36. The Morgan fingerprint density at radius 1 is 1.38 bits per heavy atom. The van der Waals surface area contributed by atoms with Gasteiger partial charge in [0.1, 0.15) is 15.4 Å². The Labute approximate surface area is 99.7 Å². The van der Waals surface area contributed by atoms with Crippen LogP contribution in [0.5, 0.6) is 0 Å². The summed E-state index contributed by atoms with van der Waals surface area (Å²) in [5, 5.41) is 1.13. The van der Waals surface area contributed by atoms with Crippen molar-refractivity contribution in [2.75, 3.05) is 6.54 Å². The number of thiazole rings is 1. The molecule has 2 aromatic rings. The first-order valence-electron chi connectivity index (χ1n) is 5.68. The molecule has 2 aromatic heterocycles. The summed E-state index contributed by atoms with van der Waals surface area (Å²) in [7, 11) is 0. The van der Waals surface area contributed by atoms with Crippen LogP contribution in [0, 0.1) is 0 Å². The van der Waals surface area contributed by atoms with E-state index in [2.05, 4.69) is 23.8 Å². The summed E-state index contributed by atoms with van der Waals surface area (Å²) in [5.74, 6) is 0. The fraction of sp³-hybridized carbons (Fsp3) is 0.500. The van der Waals surface area contributed by atoms with Crippen molar-refractivity contribution >= 4 is 21.7 Å². The molecule has 0 saturated carbocycles. The Balaban J connectivity index is 2.53. The Bertz CT molecular complexity index is 433. The Kier molecular flexibility index (Phi) is 3.21. The molecule has 0 bridgehead atoms. The average molecular weight is 235 g/mol. The van der Waals surface area contributed by atoms with Gasteiger partial charge in [-0.1, -0.05) is 25.2 Å². The molecule has 2 rings (SSSR count). The average Bonchev–Trinajstić information content (AvgIpc) is 2.76. The molecule has 0 fully saturated rings. The van der Waals surface area contributed by atoms with Crippen LogP contribution in [0.15, 0.2) is 18.3 Å². The van der Waals surface area contributed by atoms with Gasteiger partial charge in [-0.25, -0.2) is 9.97 Å². The number of hydrogen-bond acceptors (Lipinski definition) is 4. The standard InChI is InChI=1S/C12H17N3S/c1-3-12(4-2,8-13)11-15-9-6-5-7-14-10(9)16-11/h5-7H,3-4,8,13H2,1-2H3. The molecular formula is C12H17N3S. The zero-order chi connectivity index (χ0) is 11.6. The molecule has 3 nitrogen and oxygen atoms in total. The normalized spacial score (nSPS) is 12.2. The number of fused-ring (bicyclic) bond motifs is 1. The van der Waals surface area contributed by atoms with E-state index in [-0.39, 0.29) is 5.41 Å². The highest BCUT2D eigenvalue weighted by Gasteiger charge is 2.30. The third kappa shape index (κ3) is 1.72. The van der Waals surface area contributed by atoms with Gasteiger partial charge in [0.05, 0.1) is 0 Å². The van der Waals surface area contributed by atoms with Gasteiger partial charge >= 0.3 is 0 Å². The van der Waals surface area contributed by atoms with E-state index in [9.17, 15) is 0 Å². The largest absolute Gasteiger partial charge is 0.329 e. The van der Waals surface area contributed by atoms with Crippen LogP contribution in [0.1, 0.15) is 31.7 Å². The minimum absolute atomic E-state index is 0.0331. The third-order valence-corrected chi connectivity index (χ3v) is 4.59. The molecule has 2 N–H and O–H groups in total. The zero-order valence-corrected chi connectivity index (χ0v) is 10.5. The number of rotatable bonds is 4. The first-order valence-corrected chi connectivity index (χ1v) is 6.49. The van der Waals surface area contributed by atoms with Crippen molar-refractivity contribution in [1.29, 1.82) is 0 Å². The van der Waals surface area contributed by atoms with Crippen LogP contribution >= 0.6 is 11.3 Å². The predicted octanol–water partition coefficient (Wildman–Crippen LogP) is 2.71. The zero-order valence-electron chi connectivity index (χ0n) is 9.73. The van der Waals surface area contributed by atoms with Gasteiger partial charge in [-0.2, -0.15) is 0 Å². The molecule has 2 heterocycles. The molecule has 16 heavy (non-hydrogen) atoms. The summed E-state index contributed by atoms with van der Waals surface area (Å²) in [6.45, 7) is 5.01. The highest BCUT2D eigenvalue weighted by atomic mass is 32.1. The van der Waals surface area contributed by atoms with E-state index in [1.165, 1.54) is 0 Å². The predicted molar refractivity (Wildman–Crippen MR) is 68.7 cm³/mol. The lowest BCUT2D eigenvalue weighted by Gasteiger charge is -2.27. The van der Waals surface area contributed by atoms with E-state index in [0.29, 0.717) is 6.54 Å². The number of hydrogen-bond donors (Lipinski definition) is 1. The summed E-state index contributed by atoms with van der Waals surface area (Å²) < 4.78 is 0. The first kappa shape index (κ1) is 11.5. The minimum Gasteiger partial charge on any atom is -0.329 e. The van der Waals surface area contributed by atoms with E-state index in [0.717, 1.165) is 28.2 Å². The highest BCUT2D eigenvalue weighted by Crippen LogP contribution is 2.35. The molecule has 0 aliphatic carbocycles. The van der Waals surface area contributed by atoms with Crippen LogP contribution in [-0.2, 0) is 5.41 Å². The van der Waals surface area contributed by atoms with E-state index in [4.69, 9.17) is 5.73 Å². The summed E-state index contributed by atoms with van der Waals surface area (Å²) in [6.07, 6.45) is 3.87. The smallest absolute Gasteiger partial charge is 0.143 e. The number of nitrogens with zero attached hydrogens (tertiary/aromatic N) is 2. The van der Waals surface area contributed by atoms with Gasteiger partial charge in [0.15, 0.2) is 0 Å². The van der Waals surface area contributed by atoms with Gasteiger partial charge in [0, 0.05) is 18.2 Å². The van der Waals surface area contributed by atoms with Crippen LogP contribution in [0.4, 0.5) is 0 Å². The quantitative estimate of drug-likeness (QED) is 0.886. The van der Waals surface area contributed by atoms with Crippen molar-refractivity contribution < 1.29 is 0 Å². The van der Waals surface area contributed by atoms with Gasteiger partial charge in [0.2, 0.25) is 0 Å². The second-order valence-corrected chi connectivity index (χ2v) is 5.02. The molecule has 0 saturated heterocycles. The molecule has 0 radical (unpaired) electrons. The van der Waals surface area contributed by atoms with Crippen LogP contribution in [-0.4, -0.2) is 16.5 Å². The van der Waals surface area contributed by atoms with Crippen LogP contribution in [0.2, 0.25) is 0 Å². The van der Waals surface area contributed by atoms with E-state index in [1.54, 1.807) is 11.3 Å². The van der Waals surface area contributed by atoms with Gasteiger partial charge in [-0.05, 0) is 25.0 Å². The Morgan fingerprint density at radius 3 is 2.69 bits per heavy atom. The summed E-state index contributed by atoms with van der Waals surface area (Å²) in [4.78, 5) is 10.0. The highest BCUT2D eigenvalue weighted by molar-refractivity contribution is 7.18. The lowest BCUT2D eigenvalue weighted by atomic mass is 9.83. The molecule has 0 atom stereocenters. The van der Waals surface area contributed by atoms with E-state index in [1.807, 2.05) is 18.3 Å². The maximum absolute atomic E-state index is 5.93. The van der Waals surface area contributed by atoms with Crippen LogP contribution < -0.4 is 5.73 Å². The minimum atomic E-state index is 0.0331. The molecule has 0 aliphatic rings. The van der Waals surface area contributed by atoms with E-state index < -0.39 is 0 Å². The van der Waals surface area contributed by atoms with Crippen molar-refractivity contribution in [3.8, 4) is 0 Å². The molecule has 0 unspecified atom stereocenters. The second-order valence-electron chi connectivity index (χ2n) is 4.04. The van der Waals surface area contributed by atoms with Gasteiger partial charge in [-0.3, -0.25) is 0 Å². The SMILES string of the molecule is CCC(CC)(CN)c1nc2cccnc2s1. The van der Waals surface area contributed by atoms with Crippen molar-refractivity contribution in [3.05, 3.63) is 23.3 Å². The monoisotopic (exact) mass is 235 g/mol. The molecule has 0 spiro atoms. The molecule has 86 valence electrons. The van der Waals surface area contributed by atoms with E-state index >= 15 is 0 Å². The Hall–Kier alpha value is -1.00. The van der Waals surface area contributed by atoms with Crippen molar-refractivity contribution in [2.24, 2.45) is 5.73 Å². The summed E-state index contributed by atoms with van der Waals surface area (Å²) in [5.41, 5.74) is 6.95. The summed E-state index contributed by atoms with van der Waals surface area (Å²) >= 11 is 1.68. The molecule has 0 aliphatic heterocycles. The molecule has 4 heteroatoms. The number of nitrogens with two attached hydrogens (primary N) is 1. The maximum Gasteiger partial charge on any atom is 0.143 e. The van der Waals surface area contributed by atoms with Crippen molar-refractivity contribution in [2.45, 2.75) is 32.1 Å². The van der Waals surface area contributed by atoms with Gasteiger partial charge in [0.25, 0.3) is 0 Å². The fourth-order valence-electron chi connectivity index (χ4n) is 1.93. The van der Waals surface area contributed by atoms with Crippen LogP contribution in [0.3, 0.4) is 0 Å². The molecule has 0 aromatic carbocycles.